The van der Waals surface area contributed by atoms with Gasteiger partial charge in [-0.25, -0.2) is 0 Å². The predicted octanol–water partition coefficient (Wildman–Crippen LogP) is 1.25. The molecule has 0 heterocycles. The number of methoxy groups -OCH3 is 1. The molecule has 1 rings (SSSR count). The Bertz CT molecular complexity index is 382. The Morgan fingerprint density at radius 3 is 2.94 bits per heavy atom. The molecule has 0 aromatic heterocycles. The molecule has 100 valence electrons. The average molecular weight is 252 g/mol. The summed E-state index contributed by atoms with van der Waals surface area (Å²) in [5.41, 5.74) is 5.96. The molecule has 0 saturated carbocycles. The van der Waals surface area contributed by atoms with Crippen LogP contribution < -0.4 is 15.8 Å². The molecule has 5 nitrogen and oxygen atoms in total. The van der Waals surface area contributed by atoms with Crippen molar-refractivity contribution >= 4 is 11.6 Å². The molecule has 5 heteroatoms. The Balaban J connectivity index is 2.46. The predicted molar refractivity (Wildman–Crippen MR) is 70.7 cm³/mol. The van der Waals surface area contributed by atoms with Gasteiger partial charge in [-0.1, -0.05) is 13.0 Å². The molecule has 3 N–H and O–H groups in total. The van der Waals surface area contributed by atoms with Gasteiger partial charge in [0.25, 0.3) is 5.91 Å². The van der Waals surface area contributed by atoms with Gasteiger partial charge in [0, 0.05) is 25.4 Å². The van der Waals surface area contributed by atoms with Gasteiger partial charge in [-0.3, -0.25) is 4.79 Å². The minimum Gasteiger partial charge on any atom is -0.484 e. The first kappa shape index (κ1) is 14.3. The fourth-order valence-electron chi connectivity index (χ4n) is 1.49. The van der Waals surface area contributed by atoms with Crippen LogP contribution in [0.2, 0.25) is 0 Å². The Kier molecular flexibility index (Phi) is 6.00. The minimum atomic E-state index is -0.484. The molecule has 0 aliphatic carbocycles. The van der Waals surface area contributed by atoms with E-state index in [2.05, 4.69) is 12.2 Å². The Morgan fingerprint density at radius 2 is 2.28 bits per heavy atom. The van der Waals surface area contributed by atoms with Crippen LogP contribution in [0.3, 0.4) is 0 Å². The molecular formula is C13H20N2O3. The zero-order valence-corrected chi connectivity index (χ0v) is 10.8. The molecule has 0 aliphatic heterocycles. The van der Waals surface area contributed by atoms with E-state index in [4.69, 9.17) is 15.2 Å². The highest BCUT2D eigenvalue weighted by atomic mass is 16.5. The molecule has 1 unspecified atom stereocenters. The normalized spacial score (nSPS) is 11.9. The number of hydrogen-bond acceptors (Lipinski definition) is 4. The zero-order chi connectivity index (χ0) is 13.4. The summed E-state index contributed by atoms with van der Waals surface area (Å²) in [7, 11) is 1.69. The van der Waals surface area contributed by atoms with Gasteiger partial charge in [0.05, 0.1) is 6.61 Å². The van der Waals surface area contributed by atoms with Crippen LogP contribution >= 0.6 is 0 Å². The molecule has 1 aromatic rings. The van der Waals surface area contributed by atoms with Crippen LogP contribution in [-0.2, 0) is 9.53 Å². The quantitative estimate of drug-likeness (QED) is 0.730. The third-order valence-electron chi connectivity index (χ3n) is 2.32. The van der Waals surface area contributed by atoms with Crippen LogP contribution in [0.1, 0.15) is 6.92 Å². The lowest BCUT2D eigenvalue weighted by atomic mass is 10.2. The van der Waals surface area contributed by atoms with Crippen LogP contribution in [-0.4, -0.2) is 32.8 Å². The topological polar surface area (TPSA) is 73.6 Å². The summed E-state index contributed by atoms with van der Waals surface area (Å²) in [6.45, 7) is 3.52. The van der Waals surface area contributed by atoms with Crippen molar-refractivity contribution in [2.45, 2.75) is 6.92 Å². The van der Waals surface area contributed by atoms with Crippen LogP contribution in [0.15, 0.2) is 24.3 Å². The fraction of sp³-hybridized carbons (Fsp3) is 0.462. The molecule has 1 amide bonds. The third kappa shape index (κ3) is 5.54. The lowest BCUT2D eigenvalue weighted by Crippen LogP contribution is -2.20. The first-order chi connectivity index (χ1) is 8.61. The second kappa shape index (κ2) is 7.55. The van der Waals surface area contributed by atoms with Crippen LogP contribution in [0, 0.1) is 5.92 Å². The number of primary amides is 1. The van der Waals surface area contributed by atoms with Gasteiger partial charge in [-0.05, 0) is 18.1 Å². The second-order valence-corrected chi connectivity index (χ2v) is 4.22. The van der Waals surface area contributed by atoms with Crippen LogP contribution in [0.4, 0.5) is 5.69 Å². The number of anilines is 1. The molecular weight excluding hydrogens is 232 g/mol. The van der Waals surface area contributed by atoms with E-state index in [1.165, 1.54) is 0 Å². The van der Waals surface area contributed by atoms with E-state index >= 15 is 0 Å². The number of amides is 1. The molecule has 0 fully saturated rings. The molecule has 0 bridgehead atoms. The number of benzene rings is 1. The highest BCUT2D eigenvalue weighted by Gasteiger charge is 2.02. The molecule has 0 saturated heterocycles. The molecule has 0 radical (unpaired) electrons. The fourth-order valence-corrected chi connectivity index (χ4v) is 1.49. The Morgan fingerprint density at radius 1 is 1.50 bits per heavy atom. The largest absolute Gasteiger partial charge is 0.484 e. The summed E-state index contributed by atoms with van der Waals surface area (Å²) < 4.78 is 10.3. The Labute approximate surface area is 107 Å². The number of nitrogens with two attached hydrogens (primary N) is 1. The van der Waals surface area contributed by atoms with Gasteiger partial charge in [-0.2, -0.15) is 0 Å². The van der Waals surface area contributed by atoms with E-state index in [0.29, 0.717) is 18.3 Å². The molecule has 1 aromatic carbocycles. The molecule has 1 atom stereocenters. The van der Waals surface area contributed by atoms with Crippen molar-refractivity contribution in [1.82, 2.24) is 0 Å². The SMILES string of the molecule is COCC(C)CNc1cccc(OCC(N)=O)c1. The first-order valence-electron chi connectivity index (χ1n) is 5.85. The van der Waals surface area contributed by atoms with E-state index in [-0.39, 0.29) is 6.61 Å². The monoisotopic (exact) mass is 252 g/mol. The summed E-state index contributed by atoms with van der Waals surface area (Å²) in [6.07, 6.45) is 0. The summed E-state index contributed by atoms with van der Waals surface area (Å²) >= 11 is 0. The number of rotatable bonds is 8. The third-order valence-corrected chi connectivity index (χ3v) is 2.32. The second-order valence-electron chi connectivity index (χ2n) is 4.22. The lowest BCUT2D eigenvalue weighted by Gasteiger charge is -2.13. The standard InChI is InChI=1S/C13H20N2O3/c1-10(8-17-2)7-15-11-4-3-5-12(6-11)18-9-13(14)16/h3-6,10,15H,7-9H2,1-2H3,(H2,14,16). The number of carbonyl (C=O) groups is 1. The molecule has 0 aliphatic rings. The van der Waals surface area contributed by atoms with Gasteiger partial charge >= 0.3 is 0 Å². The van der Waals surface area contributed by atoms with Crippen molar-refractivity contribution in [2.75, 3.05) is 32.2 Å². The highest BCUT2D eigenvalue weighted by molar-refractivity contribution is 5.75. The Hall–Kier alpha value is -1.75. The van der Waals surface area contributed by atoms with Crippen molar-refractivity contribution in [3.05, 3.63) is 24.3 Å². The lowest BCUT2D eigenvalue weighted by molar-refractivity contribution is -0.119. The summed E-state index contributed by atoms with van der Waals surface area (Å²) in [6, 6.07) is 7.42. The number of ether oxygens (including phenoxy) is 2. The number of carbonyl (C=O) groups excluding carboxylic acids is 1. The van der Waals surface area contributed by atoms with Crippen molar-refractivity contribution < 1.29 is 14.3 Å². The van der Waals surface area contributed by atoms with Crippen molar-refractivity contribution in [2.24, 2.45) is 11.7 Å². The summed E-state index contributed by atoms with van der Waals surface area (Å²) in [4.78, 5) is 10.6. The van der Waals surface area contributed by atoms with E-state index < -0.39 is 5.91 Å². The summed E-state index contributed by atoms with van der Waals surface area (Å²) in [5.74, 6) is 0.561. The van der Waals surface area contributed by atoms with E-state index in [0.717, 1.165) is 12.2 Å². The maximum Gasteiger partial charge on any atom is 0.255 e. The minimum absolute atomic E-state index is 0.108. The van der Waals surface area contributed by atoms with Crippen molar-refractivity contribution in [3.8, 4) is 5.75 Å². The van der Waals surface area contributed by atoms with E-state index in [1.807, 2.05) is 18.2 Å². The first-order valence-corrected chi connectivity index (χ1v) is 5.85. The maximum absolute atomic E-state index is 10.6. The highest BCUT2D eigenvalue weighted by Crippen LogP contribution is 2.17. The average Bonchev–Trinajstić information content (AvgIpc) is 2.35. The van der Waals surface area contributed by atoms with E-state index in [1.54, 1.807) is 13.2 Å². The zero-order valence-electron chi connectivity index (χ0n) is 10.8. The smallest absolute Gasteiger partial charge is 0.255 e. The van der Waals surface area contributed by atoms with E-state index in [9.17, 15) is 4.79 Å². The van der Waals surface area contributed by atoms with Gasteiger partial charge in [0.1, 0.15) is 5.75 Å². The summed E-state index contributed by atoms with van der Waals surface area (Å²) in [5, 5.41) is 3.28. The van der Waals surface area contributed by atoms with Crippen molar-refractivity contribution in [3.63, 3.8) is 0 Å². The molecule has 18 heavy (non-hydrogen) atoms. The van der Waals surface area contributed by atoms with Crippen LogP contribution in [0.25, 0.3) is 0 Å². The van der Waals surface area contributed by atoms with Gasteiger partial charge in [0.2, 0.25) is 0 Å². The van der Waals surface area contributed by atoms with Gasteiger partial charge in [0.15, 0.2) is 6.61 Å². The van der Waals surface area contributed by atoms with Crippen molar-refractivity contribution in [1.29, 1.82) is 0 Å². The maximum atomic E-state index is 10.6. The number of nitrogens with one attached hydrogen (secondary N) is 1. The molecule has 0 spiro atoms. The van der Waals surface area contributed by atoms with Gasteiger partial charge < -0.3 is 20.5 Å². The van der Waals surface area contributed by atoms with Gasteiger partial charge in [-0.15, -0.1) is 0 Å². The van der Waals surface area contributed by atoms with Crippen LogP contribution in [0.5, 0.6) is 5.75 Å². The number of hydrogen-bond donors (Lipinski definition) is 2.